The van der Waals surface area contributed by atoms with Gasteiger partial charge in [0.2, 0.25) is 0 Å². The number of H-pyrrole nitrogens is 1. The van der Waals surface area contributed by atoms with Gasteiger partial charge in [-0.25, -0.2) is 4.98 Å². The molecule has 2 rings (SSSR count). The van der Waals surface area contributed by atoms with Gasteiger partial charge in [0.1, 0.15) is 11.3 Å². The number of rotatable bonds is 4. The van der Waals surface area contributed by atoms with Crippen molar-refractivity contribution >= 4 is 16.9 Å². The number of hydrogen-bond acceptors (Lipinski definition) is 3. The Labute approximate surface area is 112 Å². The Kier molecular flexibility index (Phi) is 3.57. The van der Waals surface area contributed by atoms with Crippen molar-refractivity contribution in [2.45, 2.75) is 26.4 Å². The van der Waals surface area contributed by atoms with Crippen LogP contribution in [0.15, 0.2) is 24.4 Å². The van der Waals surface area contributed by atoms with Crippen LogP contribution in [0.2, 0.25) is 0 Å². The van der Waals surface area contributed by atoms with Crippen LogP contribution >= 0.6 is 0 Å². The number of pyridine rings is 1. The normalized spacial score (nSPS) is 11.8. The third-order valence-corrected chi connectivity index (χ3v) is 2.88. The van der Waals surface area contributed by atoms with Crippen molar-refractivity contribution in [2.75, 3.05) is 13.1 Å². The molecule has 102 valence electrons. The second-order valence-electron chi connectivity index (χ2n) is 5.24. The molecule has 5 nitrogen and oxygen atoms in total. The minimum atomic E-state index is -0.914. The van der Waals surface area contributed by atoms with Crippen LogP contribution in [0.3, 0.4) is 0 Å². The molecule has 0 unspecified atom stereocenters. The van der Waals surface area contributed by atoms with E-state index in [4.69, 9.17) is 0 Å². The maximum Gasteiger partial charge on any atom is 0.272 e. The lowest BCUT2D eigenvalue weighted by molar-refractivity contribution is 0.0312. The number of aromatic amines is 1. The first kappa shape index (κ1) is 13.5. The average Bonchev–Trinajstić information content (AvgIpc) is 2.81. The molecule has 0 atom stereocenters. The van der Waals surface area contributed by atoms with E-state index in [-0.39, 0.29) is 12.5 Å². The highest BCUT2D eigenvalue weighted by Gasteiger charge is 2.23. The first-order valence-corrected chi connectivity index (χ1v) is 6.36. The van der Waals surface area contributed by atoms with Gasteiger partial charge >= 0.3 is 0 Å². The van der Waals surface area contributed by atoms with E-state index in [9.17, 15) is 9.90 Å². The highest BCUT2D eigenvalue weighted by molar-refractivity contribution is 5.94. The van der Waals surface area contributed by atoms with Crippen molar-refractivity contribution in [3.63, 3.8) is 0 Å². The Morgan fingerprint density at radius 2 is 2.16 bits per heavy atom. The largest absolute Gasteiger partial charge is 0.389 e. The molecule has 0 aliphatic rings. The number of nitrogens with zero attached hydrogens (tertiary/aromatic N) is 2. The molecule has 1 amide bonds. The molecule has 0 spiro atoms. The quantitative estimate of drug-likeness (QED) is 0.881. The zero-order valence-electron chi connectivity index (χ0n) is 11.5. The summed E-state index contributed by atoms with van der Waals surface area (Å²) in [4.78, 5) is 21.2. The number of fused-ring (bicyclic) bond motifs is 1. The molecule has 19 heavy (non-hydrogen) atoms. The van der Waals surface area contributed by atoms with Crippen molar-refractivity contribution < 1.29 is 9.90 Å². The summed E-state index contributed by atoms with van der Waals surface area (Å²) < 4.78 is 0. The van der Waals surface area contributed by atoms with Crippen LogP contribution in [-0.2, 0) is 0 Å². The zero-order valence-corrected chi connectivity index (χ0v) is 11.5. The van der Waals surface area contributed by atoms with Crippen molar-refractivity contribution in [2.24, 2.45) is 0 Å². The van der Waals surface area contributed by atoms with E-state index in [2.05, 4.69) is 9.97 Å². The molecule has 0 saturated heterocycles. The fourth-order valence-electron chi connectivity index (χ4n) is 2.01. The fraction of sp³-hybridized carbons (Fsp3) is 0.429. The molecule has 0 radical (unpaired) electrons. The molecular weight excluding hydrogens is 242 g/mol. The standard InChI is InChI=1S/C14H19N3O2/c1-4-17(9-14(2,3)19)13(18)11-6-5-10-7-8-15-12(10)16-11/h5-8,19H,4,9H2,1-3H3,(H,15,16). The predicted molar refractivity (Wildman–Crippen MR) is 74.0 cm³/mol. The number of aromatic nitrogens is 2. The fourth-order valence-corrected chi connectivity index (χ4v) is 2.01. The third kappa shape index (κ3) is 3.12. The number of hydrogen-bond donors (Lipinski definition) is 2. The van der Waals surface area contributed by atoms with Gasteiger partial charge in [-0.05, 0) is 39.0 Å². The first-order valence-electron chi connectivity index (χ1n) is 6.36. The van der Waals surface area contributed by atoms with E-state index in [0.29, 0.717) is 17.9 Å². The SMILES string of the molecule is CCN(CC(C)(C)O)C(=O)c1ccc2cc[nH]c2n1. The summed E-state index contributed by atoms with van der Waals surface area (Å²) in [5, 5.41) is 10.8. The summed E-state index contributed by atoms with van der Waals surface area (Å²) in [5.74, 6) is -0.166. The smallest absolute Gasteiger partial charge is 0.272 e. The second-order valence-corrected chi connectivity index (χ2v) is 5.24. The number of nitrogens with one attached hydrogen (secondary N) is 1. The van der Waals surface area contributed by atoms with E-state index in [1.54, 1.807) is 31.0 Å². The molecule has 0 fully saturated rings. The van der Waals surface area contributed by atoms with Gasteiger partial charge in [0, 0.05) is 24.7 Å². The van der Waals surface area contributed by atoms with Gasteiger partial charge in [-0.15, -0.1) is 0 Å². The number of likely N-dealkylation sites (N-methyl/N-ethyl adjacent to an activating group) is 1. The second kappa shape index (κ2) is 5.01. The van der Waals surface area contributed by atoms with Crippen LogP contribution < -0.4 is 0 Å². The summed E-state index contributed by atoms with van der Waals surface area (Å²) in [6.45, 7) is 6.08. The summed E-state index contributed by atoms with van der Waals surface area (Å²) in [7, 11) is 0. The van der Waals surface area contributed by atoms with Crippen LogP contribution in [0.4, 0.5) is 0 Å². The topological polar surface area (TPSA) is 69.2 Å². The van der Waals surface area contributed by atoms with Crippen LogP contribution in [-0.4, -0.2) is 44.6 Å². The Balaban J connectivity index is 2.25. The number of carbonyl (C=O) groups is 1. The van der Waals surface area contributed by atoms with Gasteiger partial charge in [0.05, 0.1) is 5.60 Å². The lowest BCUT2D eigenvalue weighted by Gasteiger charge is -2.27. The Morgan fingerprint density at radius 1 is 1.42 bits per heavy atom. The molecule has 0 aliphatic carbocycles. The minimum absolute atomic E-state index is 0.166. The average molecular weight is 261 g/mol. The summed E-state index contributed by atoms with van der Waals surface area (Å²) in [5.41, 5.74) is 0.175. The van der Waals surface area contributed by atoms with E-state index in [1.807, 2.05) is 19.1 Å². The van der Waals surface area contributed by atoms with Gasteiger partial charge in [-0.3, -0.25) is 4.79 Å². The molecule has 0 bridgehead atoms. The lowest BCUT2D eigenvalue weighted by Crippen LogP contribution is -2.42. The van der Waals surface area contributed by atoms with E-state index in [1.165, 1.54) is 0 Å². The van der Waals surface area contributed by atoms with E-state index >= 15 is 0 Å². The number of carbonyl (C=O) groups excluding carboxylic acids is 1. The predicted octanol–water partition coefficient (Wildman–Crippen LogP) is 1.80. The van der Waals surface area contributed by atoms with E-state index in [0.717, 1.165) is 5.39 Å². The van der Waals surface area contributed by atoms with E-state index < -0.39 is 5.60 Å². The van der Waals surface area contributed by atoms with Gasteiger partial charge in [0.25, 0.3) is 5.91 Å². The van der Waals surface area contributed by atoms with Gasteiger partial charge in [-0.1, -0.05) is 0 Å². The Morgan fingerprint density at radius 3 is 2.79 bits per heavy atom. The summed E-state index contributed by atoms with van der Waals surface area (Å²) in [6, 6.07) is 5.49. The Bertz CT molecular complexity index is 584. The summed E-state index contributed by atoms with van der Waals surface area (Å²) >= 11 is 0. The zero-order chi connectivity index (χ0) is 14.0. The van der Waals surface area contributed by atoms with Crippen LogP contribution in [0.5, 0.6) is 0 Å². The van der Waals surface area contributed by atoms with Gasteiger partial charge in [0.15, 0.2) is 0 Å². The monoisotopic (exact) mass is 261 g/mol. The van der Waals surface area contributed by atoms with Gasteiger partial charge < -0.3 is 15.0 Å². The molecule has 0 aromatic carbocycles. The molecular formula is C14H19N3O2. The maximum atomic E-state index is 12.4. The number of amides is 1. The van der Waals surface area contributed by atoms with Crippen LogP contribution in [0.25, 0.3) is 11.0 Å². The minimum Gasteiger partial charge on any atom is -0.389 e. The molecule has 2 heterocycles. The Hall–Kier alpha value is -1.88. The van der Waals surface area contributed by atoms with Crippen molar-refractivity contribution in [3.8, 4) is 0 Å². The molecule has 2 aromatic rings. The highest BCUT2D eigenvalue weighted by Crippen LogP contribution is 2.13. The first-order chi connectivity index (χ1) is 8.90. The maximum absolute atomic E-state index is 12.4. The molecule has 0 aliphatic heterocycles. The molecule has 5 heteroatoms. The van der Waals surface area contributed by atoms with Crippen LogP contribution in [0, 0.1) is 0 Å². The van der Waals surface area contributed by atoms with Crippen molar-refractivity contribution in [1.29, 1.82) is 0 Å². The lowest BCUT2D eigenvalue weighted by atomic mass is 10.1. The third-order valence-electron chi connectivity index (χ3n) is 2.88. The van der Waals surface area contributed by atoms with Crippen LogP contribution in [0.1, 0.15) is 31.3 Å². The summed E-state index contributed by atoms with van der Waals surface area (Å²) in [6.07, 6.45) is 1.79. The van der Waals surface area contributed by atoms with Crippen molar-refractivity contribution in [3.05, 3.63) is 30.1 Å². The molecule has 0 saturated carbocycles. The molecule has 2 aromatic heterocycles. The number of aliphatic hydroxyl groups is 1. The highest BCUT2D eigenvalue weighted by atomic mass is 16.3. The van der Waals surface area contributed by atoms with Gasteiger partial charge in [-0.2, -0.15) is 0 Å². The van der Waals surface area contributed by atoms with Crippen molar-refractivity contribution in [1.82, 2.24) is 14.9 Å². The molecule has 2 N–H and O–H groups in total.